The van der Waals surface area contributed by atoms with Crippen LogP contribution in [0.25, 0.3) is 11.0 Å². The summed E-state index contributed by atoms with van der Waals surface area (Å²) in [5, 5.41) is 3.67. The Morgan fingerprint density at radius 3 is 2.61 bits per heavy atom. The van der Waals surface area contributed by atoms with E-state index in [1.807, 2.05) is 32.8 Å². The highest BCUT2D eigenvalue weighted by atomic mass is 16.1. The van der Waals surface area contributed by atoms with Crippen molar-refractivity contribution in [1.82, 2.24) is 19.9 Å². The van der Waals surface area contributed by atoms with Crippen molar-refractivity contribution in [3.05, 3.63) is 41.5 Å². The molecule has 0 aromatic carbocycles. The molecule has 3 heterocycles. The minimum atomic E-state index is -0.249. The number of H-pyrrole nitrogens is 1. The second-order valence-corrected chi connectivity index (χ2v) is 5.57. The molecule has 0 aliphatic carbocycles. The van der Waals surface area contributed by atoms with Crippen LogP contribution < -0.4 is 10.2 Å². The Balaban J connectivity index is 1.91. The van der Waals surface area contributed by atoms with E-state index in [0.717, 1.165) is 22.5 Å². The van der Waals surface area contributed by atoms with Crippen LogP contribution in [-0.2, 0) is 0 Å². The van der Waals surface area contributed by atoms with E-state index in [0.29, 0.717) is 17.0 Å². The van der Waals surface area contributed by atoms with E-state index in [1.165, 1.54) is 6.33 Å². The van der Waals surface area contributed by atoms with Crippen molar-refractivity contribution in [1.29, 1.82) is 0 Å². The zero-order chi connectivity index (χ0) is 16.6. The maximum atomic E-state index is 12.4. The van der Waals surface area contributed by atoms with Crippen molar-refractivity contribution >= 4 is 28.6 Å². The summed E-state index contributed by atoms with van der Waals surface area (Å²) in [4.78, 5) is 30.1. The molecule has 0 saturated carbocycles. The number of carbonyl (C=O) groups excluding carboxylic acids is 1. The van der Waals surface area contributed by atoms with Gasteiger partial charge < -0.3 is 15.2 Å². The number of aromatic amines is 1. The monoisotopic (exact) mass is 310 g/mol. The van der Waals surface area contributed by atoms with Crippen molar-refractivity contribution in [3.8, 4) is 0 Å². The highest BCUT2D eigenvalue weighted by molar-refractivity contribution is 6.08. The van der Waals surface area contributed by atoms with Crippen LogP contribution in [0, 0.1) is 13.8 Å². The van der Waals surface area contributed by atoms with Gasteiger partial charge in [-0.25, -0.2) is 15.0 Å². The lowest BCUT2D eigenvalue weighted by Gasteiger charge is -2.11. The minimum absolute atomic E-state index is 0.249. The molecular formula is C16H18N6O. The van der Waals surface area contributed by atoms with Gasteiger partial charge in [0.1, 0.15) is 23.6 Å². The molecule has 3 aromatic rings. The van der Waals surface area contributed by atoms with Gasteiger partial charge in [0.2, 0.25) is 0 Å². The molecule has 1 amide bonds. The fourth-order valence-electron chi connectivity index (χ4n) is 2.35. The number of amides is 1. The summed E-state index contributed by atoms with van der Waals surface area (Å²) in [6.07, 6.45) is 2.99. The third-order valence-corrected chi connectivity index (χ3v) is 3.79. The Labute approximate surface area is 133 Å². The molecule has 0 aliphatic rings. The normalized spacial score (nSPS) is 10.8. The number of hydrogen-bond donors (Lipinski definition) is 2. The largest absolute Gasteiger partial charge is 0.363 e. The van der Waals surface area contributed by atoms with Crippen LogP contribution in [0.2, 0.25) is 0 Å². The number of aryl methyl sites for hydroxylation is 2. The fraction of sp³-hybridized carbons (Fsp3) is 0.250. The molecule has 3 aromatic heterocycles. The van der Waals surface area contributed by atoms with E-state index < -0.39 is 0 Å². The predicted molar refractivity (Wildman–Crippen MR) is 89.9 cm³/mol. The Hall–Kier alpha value is -2.96. The highest BCUT2D eigenvalue weighted by Gasteiger charge is 2.14. The molecule has 0 aliphatic heterocycles. The maximum Gasteiger partial charge on any atom is 0.258 e. The van der Waals surface area contributed by atoms with Crippen LogP contribution in [0.5, 0.6) is 0 Å². The molecule has 0 bridgehead atoms. The van der Waals surface area contributed by atoms with Gasteiger partial charge in [-0.3, -0.25) is 4.79 Å². The van der Waals surface area contributed by atoms with Crippen LogP contribution in [0.1, 0.15) is 21.6 Å². The van der Waals surface area contributed by atoms with Gasteiger partial charge in [0.15, 0.2) is 0 Å². The first kappa shape index (κ1) is 15.0. The summed E-state index contributed by atoms with van der Waals surface area (Å²) in [7, 11) is 3.80. The van der Waals surface area contributed by atoms with Crippen molar-refractivity contribution < 1.29 is 4.79 Å². The number of carbonyl (C=O) groups is 1. The van der Waals surface area contributed by atoms with Crippen LogP contribution in [0.15, 0.2) is 24.7 Å². The Morgan fingerprint density at radius 2 is 1.96 bits per heavy atom. The second kappa shape index (κ2) is 5.68. The molecule has 3 rings (SSSR count). The number of nitrogens with one attached hydrogen (secondary N) is 2. The Kier molecular flexibility index (Phi) is 3.69. The van der Waals surface area contributed by atoms with Crippen molar-refractivity contribution in [3.63, 3.8) is 0 Å². The Morgan fingerprint density at radius 1 is 1.17 bits per heavy atom. The molecule has 7 heteroatoms. The van der Waals surface area contributed by atoms with Gasteiger partial charge in [-0.05, 0) is 31.5 Å². The van der Waals surface area contributed by atoms with Gasteiger partial charge >= 0.3 is 0 Å². The van der Waals surface area contributed by atoms with Gasteiger partial charge in [0.05, 0.1) is 10.9 Å². The van der Waals surface area contributed by atoms with E-state index in [1.54, 1.807) is 18.3 Å². The molecule has 0 atom stereocenters. The third-order valence-electron chi connectivity index (χ3n) is 3.79. The highest BCUT2D eigenvalue weighted by Crippen LogP contribution is 2.25. The summed E-state index contributed by atoms with van der Waals surface area (Å²) in [5.41, 5.74) is 3.23. The lowest BCUT2D eigenvalue weighted by molar-refractivity contribution is 0.102. The molecule has 2 N–H and O–H groups in total. The van der Waals surface area contributed by atoms with Crippen LogP contribution in [-0.4, -0.2) is 39.9 Å². The molecule has 7 nitrogen and oxygen atoms in total. The van der Waals surface area contributed by atoms with Gasteiger partial charge in [-0.15, -0.1) is 0 Å². The lowest BCUT2D eigenvalue weighted by atomic mass is 10.2. The average Bonchev–Trinajstić information content (AvgIpc) is 2.83. The van der Waals surface area contributed by atoms with E-state index in [2.05, 4.69) is 25.3 Å². The van der Waals surface area contributed by atoms with Crippen molar-refractivity contribution in [2.45, 2.75) is 13.8 Å². The van der Waals surface area contributed by atoms with Crippen LogP contribution in [0.3, 0.4) is 0 Å². The number of rotatable bonds is 3. The number of aromatic nitrogens is 4. The quantitative estimate of drug-likeness (QED) is 0.775. The number of anilines is 2. The molecule has 0 saturated heterocycles. The van der Waals surface area contributed by atoms with Gasteiger partial charge in [-0.2, -0.15) is 0 Å². The number of pyridine rings is 1. The molecule has 23 heavy (non-hydrogen) atoms. The van der Waals surface area contributed by atoms with E-state index in [9.17, 15) is 4.79 Å². The average molecular weight is 310 g/mol. The molecule has 0 radical (unpaired) electrons. The van der Waals surface area contributed by atoms with E-state index in [4.69, 9.17) is 0 Å². The molecule has 0 unspecified atom stereocenters. The van der Waals surface area contributed by atoms with Gasteiger partial charge in [0.25, 0.3) is 5.91 Å². The summed E-state index contributed by atoms with van der Waals surface area (Å²) in [5.74, 6) is 1.04. The minimum Gasteiger partial charge on any atom is -0.363 e. The molecule has 0 fully saturated rings. The SMILES string of the molecule is Cc1[nH]c2ncnc(NC(=O)c3ccc(N(C)C)nc3)c2c1C. The number of nitrogens with zero attached hydrogens (tertiary/aromatic N) is 4. The topological polar surface area (TPSA) is 86.8 Å². The first-order chi connectivity index (χ1) is 11.0. The van der Waals surface area contributed by atoms with Crippen LogP contribution >= 0.6 is 0 Å². The lowest BCUT2D eigenvalue weighted by Crippen LogP contribution is -2.15. The molecule has 0 spiro atoms. The summed E-state index contributed by atoms with van der Waals surface area (Å²) in [6, 6.07) is 3.54. The third kappa shape index (κ3) is 2.73. The predicted octanol–water partition coefficient (Wildman–Crippen LogP) is 2.29. The zero-order valence-electron chi connectivity index (χ0n) is 13.5. The summed E-state index contributed by atoms with van der Waals surface area (Å²) >= 11 is 0. The fourth-order valence-corrected chi connectivity index (χ4v) is 2.35. The van der Waals surface area contributed by atoms with Gasteiger partial charge in [0, 0.05) is 26.0 Å². The van der Waals surface area contributed by atoms with Crippen molar-refractivity contribution in [2.24, 2.45) is 0 Å². The maximum absolute atomic E-state index is 12.4. The Bertz CT molecular complexity index is 866. The second-order valence-electron chi connectivity index (χ2n) is 5.57. The summed E-state index contributed by atoms with van der Waals surface area (Å²) in [6.45, 7) is 3.94. The van der Waals surface area contributed by atoms with E-state index in [-0.39, 0.29) is 5.91 Å². The zero-order valence-corrected chi connectivity index (χ0v) is 13.5. The summed E-state index contributed by atoms with van der Waals surface area (Å²) < 4.78 is 0. The molecule has 118 valence electrons. The smallest absolute Gasteiger partial charge is 0.258 e. The number of fused-ring (bicyclic) bond motifs is 1. The first-order valence-corrected chi connectivity index (χ1v) is 7.22. The van der Waals surface area contributed by atoms with E-state index >= 15 is 0 Å². The van der Waals surface area contributed by atoms with Gasteiger partial charge in [-0.1, -0.05) is 0 Å². The standard InChI is InChI=1S/C16H18N6O/c1-9-10(2)20-14-13(9)15(19-8-18-14)21-16(23)11-5-6-12(17-7-11)22(3)4/h5-8H,1-4H3,(H2,18,19,20,21,23). The molecular weight excluding hydrogens is 292 g/mol. The van der Waals surface area contributed by atoms with Crippen LogP contribution in [0.4, 0.5) is 11.6 Å². The number of hydrogen-bond acceptors (Lipinski definition) is 5. The van der Waals surface area contributed by atoms with Crippen molar-refractivity contribution in [2.75, 3.05) is 24.3 Å². The first-order valence-electron chi connectivity index (χ1n) is 7.22.